The van der Waals surface area contributed by atoms with Gasteiger partial charge in [0.05, 0.1) is 6.42 Å². The maximum Gasteiger partial charge on any atom is 0.326 e. The largest absolute Gasteiger partial charge is 0.480 e. The Morgan fingerprint density at radius 3 is 2.58 bits per heavy atom. The van der Waals surface area contributed by atoms with Crippen LogP contribution in [-0.2, 0) is 27.3 Å². The summed E-state index contributed by atoms with van der Waals surface area (Å²) >= 11 is 0. The Hall–Kier alpha value is -2.83. The Morgan fingerprint density at radius 1 is 1.27 bits per heavy atom. The molecular weight excluding hydrogens is 334 g/mol. The minimum Gasteiger partial charge on any atom is -0.480 e. The quantitative estimate of drug-likeness (QED) is 0.750. The summed E-state index contributed by atoms with van der Waals surface area (Å²) < 4.78 is 2.07. The molecule has 1 unspecified atom stereocenters. The predicted molar refractivity (Wildman–Crippen MR) is 98.8 cm³/mol. The number of amides is 2. The van der Waals surface area contributed by atoms with Crippen molar-refractivity contribution in [2.24, 2.45) is 0 Å². The molecule has 1 atom stereocenters. The Labute approximate surface area is 152 Å². The van der Waals surface area contributed by atoms with E-state index in [0.717, 1.165) is 23.0 Å². The SMILES string of the molecule is CCn1cc(CC(=O)N(CCNC(C)=O)C(C)C(=O)O)c2ccccc21. The molecule has 0 aliphatic heterocycles. The Morgan fingerprint density at radius 2 is 1.96 bits per heavy atom. The van der Waals surface area contributed by atoms with Crippen LogP contribution in [-0.4, -0.2) is 51.5 Å². The second-order valence-electron chi connectivity index (χ2n) is 6.22. The van der Waals surface area contributed by atoms with Gasteiger partial charge in [-0.3, -0.25) is 9.59 Å². The number of hydrogen-bond acceptors (Lipinski definition) is 3. The van der Waals surface area contributed by atoms with Crippen LogP contribution < -0.4 is 5.32 Å². The number of rotatable bonds is 8. The fraction of sp³-hybridized carbons (Fsp3) is 0.421. The number of hydrogen-bond donors (Lipinski definition) is 2. The molecule has 1 aromatic heterocycles. The van der Waals surface area contributed by atoms with E-state index < -0.39 is 12.0 Å². The lowest BCUT2D eigenvalue weighted by Gasteiger charge is -2.26. The molecule has 2 amide bonds. The van der Waals surface area contributed by atoms with E-state index in [2.05, 4.69) is 9.88 Å². The van der Waals surface area contributed by atoms with Gasteiger partial charge in [-0.15, -0.1) is 0 Å². The number of carboxylic acid groups (broad SMARTS) is 1. The highest BCUT2D eigenvalue weighted by Crippen LogP contribution is 2.22. The molecule has 1 heterocycles. The first-order valence-electron chi connectivity index (χ1n) is 8.68. The van der Waals surface area contributed by atoms with Gasteiger partial charge in [0.2, 0.25) is 11.8 Å². The molecule has 2 aromatic rings. The third-order valence-electron chi connectivity index (χ3n) is 4.43. The Balaban J connectivity index is 2.23. The molecule has 0 radical (unpaired) electrons. The second kappa shape index (κ2) is 8.51. The molecule has 0 aliphatic carbocycles. The number of nitrogens with one attached hydrogen (secondary N) is 1. The molecule has 0 bridgehead atoms. The summed E-state index contributed by atoms with van der Waals surface area (Å²) in [5.41, 5.74) is 1.92. The van der Waals surface area contributed by atoms with Crippen molar-refractivity contribution in [1.82, 2.24) is 14.8 Å². The summed E-state index contributed by atoms with van der Waals surface area (Å²) in [6.45, 7) is 6.04. The lowest BCUT2D eigenvalue weighted by atomic mass is 10.1. The van der Waals surface area contributed by atoms with Crippen molar-refractivity contribution in [3.8, 4) is 0 Å². The summed E-state index contributed by atoms with van der Waals surface area (Å²) in [6, 6.07) is 6.88. The molecular formula is C19H25N3O4. The van der Waals surface area contributed by atoms with E-state index in [1.807, 2.05) is 37.4 Å². The zero-order valence-corrected chi connectivity index (χ0v) is 15.4. The fourth-order valence-corrected chi connectivity index (χ4v) is 3.01. The number of aromatic nitrogens is 1. The first kappa shape index (κ1) is 19.5. The molecule has 0 fully saturated rings. The number of aryl methyl sites for hydroxylation is 1. The van der Waals surface area contributed by atoms with Gasteiger partial charge in [-0.2, -0.15) is 0 Å². The van der Waals surface area contributed by atoms with Crippen molar-refractivity contribution >= 4 is 28.7 Å². The zero-order chi connectivity index (χ0) is 19.3. The highest BCUT2D eigenvalue weighted by atomic mass is 16.4. The Kier molecular flexibility index (Phi) is 6.38. The van der Waals surface area contributed by atoms with Crippen molar-refractivity contribution in [3.05, 3.63) is 36.0 Å². The number of carboxylic acids is 1. The summed E-state index contributed by atoms with van der Waals surface area (Å²) in [6.07, 6.45) is 2.06. The van der Waals surface area contributed by atoms with Gasteiger partial charge < -0.3 is 19.9 Å². The van der Waals surface area contributed by atoms with E-state index in [1.165, 1.54) is 18.7 Å². The van der Waals surface area contributed by atoms with Crippen molar-refractivity contribution in [1.29, 1.82) is 0 Å². The maximum absolute atomic E-state index is 12.8. The van der Waals surface area contributed by atoms with Gasteiger partial charge in [0.25, 0.3) is 0 Å². The molecule has 0 aliphatic rings. The molecule has 0 spiro atoms. The number of carbonyl (C=O) groups is 3. The number of aliphatic carboxylic acids is 1. The normalized spacial score (nSPS) is 12.0. The minimum absolute atomic E-state index is 0.116. The van der Waals surface area contributed by atoms with Crippen LogP contribution in [0.15, 0.2) is 30.5 Å². The lowest BCUT2D eigenvalue weighted by molar-refractivity contribution is -0.149. The van der Waals surface area contributed by atoms with E-state index >= 15 is 0 Å². The standard InChI is InChI=1S/C19H25N3O4/c1-4-21-12-15(16-7-5-6-8-17(16)21)11-18(24)22(13(2)19(25)26)10-9-20-14(3)23/h5-8,12-13H,4,9-11H2,1-3H3,(H,20,23)(H,25,26). The number of benzene rings is 1. The predicted octanol–water partition coefficient (Wildman–Crippen LogP) is 1.64. The number of nitrogens with zero attached hydrogens (tertiary/aromatic N) is 2. The fourth-order valence-electron chi connectivity index (χ4n) is 3.01. The average Bonchev–Trinajstić information content (AvgIpc) is 2.95. The van der Waals surface area contributed by atoms with Gasteiger partial charge in [0.1, 0.15) is 6.04 Å². The van der Waals surface area contributed by atoms with Crippen molar-refractivity contribution in [2.45, 2.75) is 39.8 Å². The highest BCUT2D eigenvalue weighted by Gasteiger charge is 2.26. The van der Waals surface area contributed by atoms with Crippen LogP contribution in [0.5, 0.6) is 0 Å². The molecule has 140 valence electrons. The lowest BCUT2D eigenvalue weighted by Crippen LogP contribution is -2.47. The van der Waals surface area contributed by atoms with Crippen molar-refractivity contribution in [2.75, 3.05) is 13.1 Å². The van der Waals surface area contributed by atoms with Crippen LogP contribution in [0.3, 0.4) is 0 Å². The van der Waals surface area contributed by atoms with Gasteiger partial charge >= 0.3 is 5.97 Å². The van der Waals surface area contributed by atoms with E-state index in [-0.39, 0.29) is 31.3 Å². The van der Waals surface area contributed by atoms with Crippen LogP contribution in [0, 0.1) is 0 Å². The molecule has 7 heteroatoms. The highest BCUT2D eigenvalue weighted by molar-refractivity contribution is 5.91. The van der Waals surface area contributed by atoms with Crippen LogP contribution in [0.4, 0.5) is 0 Å². The van der Waals surface area contributed by atoms with Crippen molar-refractivity contribution in [3.63, 3.8) is 0 Å². The minimum atomic E-state index is -1.07. The monoisotopic (exact) mass is 359 g/mol. The van der Waals surface area contributed by atoms with Gasteiger partial charge in [0, 0.05) is 43.7 Å². The third-order valence-corrected chi connectivity index (χ3v) is 4.43. The molecule has 26 heavy (non-hydrogen) atoms. The number of carbonyl (C=O) groups excluding carboxylic acids is 2. The maximum atomic E-state index is 12.8. The van der Waals surface area contributed by atoms with Gasteiger partial charge in [0.15, 0.2) is 0 Å². The van der Waals surface area contributed by atoms with Gasteiger partial charge in [-0.1, -0.05) is 18.2 Å². The van der Waals surface area contributed by atoms with Crippen LogP contribution >= 0.6 is 0 Å². The molecule has 7 nitrogen and oxygen atoms in total. The summed E-state index contributed by atoms with van der Waals surface area (Å²) in [4.78, 5) is 36.5. The zero-order valence-electron chi connectivity index (χ0n) is 15.4. The second-order valence-corrected chi connectivity index (χ2v) is 6.22. The smallest absolute Gasteiger partial charge is 0.326 e. The summed E-state index contributed by atoms with van der Waals surface area (Å²) in [7, 11) is 0. The van der Waals surface area contributed by atoms with E-state index in [1.54, 1.807) is 0 Å². The Bertz CT molecular complexity index is 812. The van der Waals surface area contributed by atoms with E-state index in [0.29, 0.717) is 0 Å². The van der Waals surface area contributed by atoms with Crippen LogP contribution in [0.25, 0.3) is 10.9 Å². The van der Waals surface area contributed by atoms with Crippen LogP contribution in [0.2, 0.25) is 0 Å². The van der Waals surface area contributed by atoms with Gasteiger partial charge in [-0.25, -0.2) is 4.79 Å². The molecule has 2 N–H and O–H groups in total. The molecule has 0 saturated carbocycles. The first-order valence-corrected chi connectivity index (χ1v) is 8.68. The third kappa shape index (κ3) is 4.41. The van der Waals surface area contributed by atoms with Crippen molar-refractivity contribution < 1.29 is 19.5 Å². The molecule has 2 rings (SSSR count). The van der Waals surface area contributed by atoms with Gasteiger partial charge in [-0.05, 0) is 25.5 Å². The van der Waals surface area contributed by atoms with Crippen LogP contribution in [0.1, 0.15) is 26.3 Å². The summed E-state index contributed by atoms with van der Waals surface area (Å²) in [5, 5.41) is 12.9. The van der Waals surface area contributed by atoms with E-state index in [4.69, 9.17) is 0 Å². The number of fused-ring (bicyclic) bond motifs is 1. The average molecular weight is 359 g/mol. The topological polar surface area (TPSA) is 91.6 Å². The molecule has 0 saturated heterocycles. The molecule has 1 aromatic carbocycles. The van der Waals surface area contributed by atoms with E-state index in [9.17, 15) is 19.5 Å². The number of para-hydroxylation sites is 1. The first-order chi connectivity index (χ1) is 12.3. The summed E-state index contributed by atoms with van der Waals surface area (Å²) in [5.74, 6) is -1.56.